The SMILES string of the molecule is [CH]C(=O)CCCN(CC)C1CC1. The largest absolute Gasteiger partial charge is 0.301 e. The number of Topliss-reactive ketones (excluding diaryl/α,β-unsaturated/α-hetero) is 1. The van der Waals surface area contributed by atoms with E-state index in [9.17, 15) is 4.79 Å². The Hall–Kier alpha value is -0.370. The predicted octanol–water partition coefficient (Wildman–Crippen LogP) is 1.53. The molecular formula is C10H17NO. The lowest BCUT2D eigenvalue weighted by atomic mass is 10.2. The van der Waals surface area contributed by atoms with Gasteiger partial charge in [0.1, 0.15) is 5.78 Å². The van der Waals surface area contributed by atoms with Gasteiger partial charge >= 0.3 is 0 Å². The van der Waals surface area contributed by atoms with Crippen LogP contribution in [0, 0.1) is 6.92 Å². The van der Waals surface area contributed by atoms with Crippen molar-refractivity contribution in [2.24, 2.45) is 0 Å². The maximum atomic E-state index is 10.5. The molecule has 0 aliphatic heterocycles. The molecule has 0 N–H and O–H groups in total. The summed E-state index contributed by atoms with van der Waals surface area (Å²) in [4.78, 5) is 12.9. The van der Waals surface area contributed by atoms with Gasteiger partial charge in [-0.15, -0.1) is 0 Å². The van der Waals surface area contributed by atoms with Gasteiger partial charge in [-0.25, -0.2) is 0 Å². The van der Waals surface area contributed by atoms with E-state index in [1.165, 1.54) is 12.8 Å². The molecule has 0 aromatic carbocycles. The Labute approximate surface area is 74.9 Å². The maximum Gasteiger partial charge on any atom is 0.137 e. The van der Waals surface area contributed by atoms with Crippen molar-refractivity contribution < 1.29 is 4.79 Å². The fraction of sp³-hybridized carbons (Fsp3) is 0.800. The Bertz CT molecular complexity index is 152. The first-order valence-electron chi connectivity index (χ1n) is 4.76. The Kier molecular flexibility index (Phi) is 3.73. The summed E-state index contributed by atoms with van der Waals surface area (Å²) < 4.78 is 0. The van der Waals surface area contributed by atoms with E-state index in [1.807, 2.05) is 0 Å². The van der Waals surface area contributed by atoms with E-state index in [0.29, 0.717) is 6.42 Å². The number of rotatable bonds is 6. The zero-order chi connectivity index (χ0) is 8.97. The van der Waals surface area contributed by atoms with Gasteiger partial charge in [0.2, 0.25) is 0 Å². The van der Waals surface area contributed by atoms with Gasteiger partial charge in [-0.2, -0.15) is 0 Å². The molecule has 1 saturated carbocycles. The van der Waals surface area contributed by atoms with Gasteiger partial charge in [0, 0.05) is 19.4 Å². The molecular weight excluding hydrogens is 150 g/mol. The van der Waals surface area contributed by atoms with E-state index in [0.717, 1.165) is 25.6 Å². The van der Waals surface area contributed by atoms with E-state index in [2.05, 4.69) is 11.8 Å². The highest BCUT2D eigenvalue weighted by molar-refractivity contribution is 5.82. The highest BCUT2D eigenvalue weighted by atomic mass is 16.1. The van der Waals surface area contributed by atoms with Gasteiger partial charge in [-0.1, -0.05) is 6.92 Å². The molecule has 12 heavy (non-hydrogen) atoms. The lowest BCUT2D eigenvalue weighted by molar-refractivity contribution is -0.115. The standard InChI is InChI=1S/C10H17NO/c1-3-11(10-6-7-10)8-4-5-9(2)12/h2,10H,3-8H2,1H3. The summed E-state index contributed by atoms with van der Waals surface area (Å²) in [6, 6.07) is 0.808. The van der Waals surface area contributed by atoms with Crippen LogP contribution in [0.3, 0.4) is 0 Å². The van der Waals surface area contributed by atoms with Crippen molar-refractivity contribution in [1.29, 1.82) is 0 Å². The first-order valence-corrected chi connectivity index (χ1v) is 4.76. The number of hydrogen-bond donors (Lipinski definition) is 0. The van der Waals surface area contributed by atoms with E-state index in [4.69, 9.17) is 6.92 Å². The van der Waals surface area contributed by atoms with Gasteiger partial charge in [-0.3, -0.25) is 4.79 Å². The second-order valence-electron chi connectivity index (χ2n) is 3.43. The third kappa shape index (κ3) is 3.35. The maximum absolute atomic E-state index is 10.5. The van der Waals surface area contributed by atoms with Crippen LogP contribution in [0.25, 0.3) is 0 Å². The van der Waals surface area contributed by atoms with Gasteiger partial charge < -0.3 is 4.90 Å². The molecule has 0 unspecified atom stereocenters. The van der Waals surface area contributed by atoms with Crippen molar-refractivity contribution in [2.45, 2.75) is 38.6 Å². The molecule has 0 saturated heterocycles. The van der Waals surface area contributed by atoms with Crippen LogP contribution in [0.15, 0.2) is 0 Å². The lowest BCUT2D eigenvalue weighted by Gasteiger charge is -2.18. The normalized spacial score (nSPS) is 16.9. The Morgan fingerprint density at radius 1 is 1.58 bits per heavy atom. The third-order valence-electron chi connectivity index (χ3n) is 2.34. The molecule has 0 aromatic heterocycles. The van der Waals surface area contributed by atoms with E-state index >= 15 is 0 Å². The molecule has 1 aliphatic rings. The zero-order valence-electron chi connectivity index (χ0n) is 7.75. The van der Waals surface area contributed by atoms with Gasteiger partial charge in [-0.05, 0) is 32.4 Å². The summed E-state index contributed by atoms with van der Waals surface area (Å²) in [5.74, 6) is -0.179. The topological polar surface area (TPSA) is 20.3 Å². The minimum atomic E-state index is -0.179. The summed E-state index contributed by atoms with van der Waals surface area (Å²) in [6.07, 6.45) is 4.12. The lowest BCUT2D eigenvalue weighted by Crippen LogP contribution is -2.27. The fourth-order valence-electron chi connectivity index (χ4n) is 1.49. The number of carbonyl (C=O) groups excluding carboxylic acids is 1. The number of ketones is 1. The molecule has 0 aromatic rings. The van der Waals surface area contributed by atoms with Crippen molar-refractivity contribution in [3.63, 3.8) is 0 Å². The Morgan fingerprint density at radius 3 is 2.67 bits per heavy atom. The minimum Gasteiger partial charge on any atom is -0.301 e. The highest BCUT2D eigenvalue weighted by Crippen LogP contribution is 2.26. The molecule has 2 heteroatoms. The highest BCUT2D eigenvalue weighted by Gasteiger charge is 2.26. The summed E-state index contributed by atoms with van der Waals surface area (Å²) in [7, 11) is 0. The van der Waals surface area contributed by atoms with Crippen molar-refractivity contribution in [2.75, 3.05) is 13.1 Å². The van der Waals surface area contributed by atoms with Crippen LogP contribution in [0.2, 0.25) is 0 Å². The molecule has 1 aliphatic carbocycles. The smallest absolute Gasteiger partial charge is 0.137 e. The van der Waals surface area contributed by atoms with Crippen molar-refractivity contribution >= 4 is 5.78 Å². The molecule has 0 amide bonds. The molecule has 2 nitrogen and oxygen atoms in total. The van der Waals surface area contributed by atoms with Gasteiger partial charge in [0.25, 0.3) is 0 Å². The number of hydrogen-bond acceptors (Lipinski definition) is 2. The van der Waals surface area contributed by atoms with Crippen molar-refractivity contribution in [3.05, 3.63) is 6.92 Å². The van der Waals surface area contributed by atoms with Gasteiger partial charge in [0.15, 0.2) is 0 Å². The Balaban J connectivity index is 2.06. The quantitative estimate of drug-likeness (QED) is 0.598. The number of nitrogens with zero attached hydrogens (tertiary/aromatic N) is 1. The summed E-state index contributed by atoms with van der Waals surface area (Å²) in [5, 5.41) is 0. The van der Waals surface area contributed by atoms with Crippen LogP contribution in [0.4, 0.5) is 0 Å². The molecule has 0 bridgehead atoms. The molecule has 1 rings (SSSR count). The number of carbonyl (C=O) groups is 1. The van der Waals surface area contributed by atoms with E-state index in [-0.39, 0.29) is 5.78 Å². The summed E-state index contributed by atoms with van der Waals surface area (Å²) in [5.41, 5.74) is 0. The van der Waals surface area contributed by atoms with Crippen molar-refractivity contribution in [3.8, 4) is 0 Å². The van der Waals surface area contributed by atoms with Crippen molar-refractivity contribution in [1.82, 2.24) is 4.90 Å². The van der Waals surface area contributed by atoms with E-state index < -0.39 is 0 Å². The van der Waals surface area contributed by atoms with Crippen LogP contribution in [-0.2, 0) is 4.79 Å². The van der Waals surface area contributed by atoms with Crippen LogP contribution in [0.5, 0.6) is 0 Å². The Morgan fingerprint density at radius 2 is 2.25 bits per heavy atom. The van der Waals surface area contributed by atoms with Crippen LogP contribution >= 0.6 is 0 Å². The first kappa shape index (κ1) is 9.72. The molecule has 1 fully saturated rings. The van der Waals surface area contributed by atoms with Crippen LogP contribution in [-0.4, -0.2) is 29.8 Å². The second kappa shape index (κ2) is 4.61. The molecule has 0 spiro atoms. The predicted molar refractivity (Wildman–Crippen MR) is 48.8 cm³/mol. The third-order valence-corrected chi connectivity index (χ3v) is 2.34. The molecule has 0 heterocycles. The average Bonchev–Trinajstić information content (AvgIpc) is 2.80. The minimum absolute atomic E-state index is 0.179. The molecule has 0 atom stereocenters. The zero-order valence-corrected chi connectivity index (χ0v) is 7.75. The second-order valence-corrected chi connectivity index (χ2v) is 3.43. The first-order chi connectivity index (χ1) is 5.74. The summed E-state index contributed by atoms with van der Waals surface area (Å²) >= 11 is 0. The fourth-order valence-corrected chi connectivity index (χ4v) is 1.49. The van der Waals surface area contributed by atoms with E-state index in [1.54, 1.807) is 0 Å². The van der Waals surface area contributed by atoms with Crippen LogP contribution in [0.1, 0.15) is 32.6 Å². The average molecular weight is 167 g/mol. The van der Waals surface area contributed by atoms with Crippen LogP contribution < -0.4 is 0 Å². The van der Waals surface area contributed by atoms with Gasteiger partial charge in [0.05, 0.1) is 0 Å². The monoisotopic (exact) mass is 167 g/mol. The summed E-state index contributed by atoms with van der Waals surface area (Å²) in [6.45, 7) is 9.36. The molecule has 68 valence electrons. The molecule has 2 radical (unpaired) electrons.